The molecule has 2 aromatic carbocycles. The zero-order valence-corrected chi connectivity index (χ0v) is 17.1. The van der Waals surface area contributed by atoms with E-state index < -0.39 is 16.4 Å². The zero-order valence-electron chi connectivity index (χ0n) is 17.3. The highest BCUT2D eigenvalue weighted by Crippen LogP contribution is 2.24. The van der Waals surface area contributed by atoms with Gasteiger partial charge in [0.15, 0.2) is 5.78 Å². The molecule has 1 aromatic heterocycles. The first-order chi connectivity index (χ1) is 14.8. The van der Waals surface area contributed by atoms with Crippen LogP contribution < -0.4 is 5.32 Å². The summed E-state index contributed by atoms with van der Waals surface area (Å²) in [4.78, 5) is 40.3. The fraction of sp³-hybridized carbons (Fsp3) is 0.217. The smallest absolute Gasteiger partial charge is 0.286 e. The quantitative estimate of drug-likeness (QED) is 0.570. The van der Waals surface area contributed by atoms with Gasteiger partial charge in [-0.25, -0.2) is 4.98 Å². The number of Topliss-reactive ketones (excluding diaryl/α,β-unsaturated/α-hetero) is 1. The summed E-state index contributed by atoms with van der Waals surface area (Å²) in [5.41, 5.74) is 2.91. The number of amides is 2. The van der Waals surface area contributed by atoms with E-state index in [9.17, 15) is 14.4 Å². The Labute approximate surface area is 179 Å². The van der Waals surface area contributed by atoms with Crippen molar-refractivity contribution in [1.29, 1.82) is 0 Å². The Hall–Kier alpha value is -3.19. The average Bonchev–Trinajstić information content (AvgIpc) is 3.25. The molecule has 7 heteroatoms. The van der Waals surface area contributed by atoms with E-state index in [1.54, 1.807) is 24.3 Å². The molecule has 4 rings (SSSR count). The second-order valence-electron chi connectivity index (χ2n) is 6.95. The molecular weight excluding hydrogens is 400 g/mol. The third-order valence-corrected chi connectivity index (χ3v) is 5.69. The standard InChI is InChI=1S/C23H20N2O4S/c1-14-18(24-22(29-14)17-5-3-2-4-6-17)11-12-19(26)16-9-7-15(8-10-16)13-20-21(27)25-23(28)30-20/h2-10,20H,11-13H2,1H3,(H,25,27,28)/t20-/m1/s1/i20D. The molecule has 3 aromatic rings. The van der Waals surface area contributed by atoms with Gasteiger partial charge in [-0.2, -0.15) is 0 Å². The number of nitrogens with one attached hydrogen (secondary N) is 1. The number of aryl methyl sites for hydroxylation is 2. The van der Waals surface area contributed by atoms with Gasteiger partial charge >= 0.3 is 0 Å². The first-order valence-electron chi connectivity index (χ1n) is 10.0. The maximum absolute atomic E-state index is 12.6. The average molecular weight is 421 g/mol. The summed E-state index contributed by atoms with van der Waals surface area (Å²) >= 11 is 0.673. The van der Waals surface area contributed by atoms with Crippen molar-refractivity contribution in [3.63, 3.8) is 0 Å². The number of oxazole rings is 1. The van der Waals surface area contributed by atoms with Crippen molar-refractivity contribution >= 4 is 28.7 Å². The topological polar surface area (TPSA) is 89.3 Å². The molecule has 2 heterocycles. The molecule has 1 aliphatic rings. The summed E-state index contributed by atoms with van der Waals surface area (Å²) in [7, 11) is 0. The predicted molar refractivity (Wildman–Crippen MR) is 114 cm³/mol. The molecule has 0 saturated carbocycles. The van der Waals surface area contributed by atoms with E-state index in [-0.39, 0.29) is 18.6 Å². The Morgan fingerprint density at radius 2 is 1.90 bits per heavy atom. The Bertz CT molecular complexity index is 1140. The minimum Gasteiger partial charge on any atom is -0.441 e. The van der Waals surface area contributed by atoms with Crippen molar-refractivity contribution in [2.24, 2.45) is 0 Å². The van der Waals surface area contributed by atoms with Crippen LogP contribution in [0.4, 0.5) is 4.79 Å². The number of benzene rings is 2. The third kappa shape index (κ3) is 4.52. The molecule has 152 valence electrons. The summed E-state index contributed by atoms with van der Waals surface area (Å²) in [6.07, 6.45) is 0.845. The molecule has 1 N–H and O–H groups in total. The Balaban J connectivity index is 1.38. The van der Waals surface area contributed by atoms with Crippen LogP contribution in [0.3, 0.4) is 0 Å². The summed E-state index contributed by atoms with van der Waals surface area (Å²) in [6.45, 7) is 1.84. The van der Waals surface area contributed by atoms with Gasteiger partial charge in [0, 0.05) is 24.0 Å². The van der Waals surface area contributed by atoms with Gasteiger partial charge in [-0.3, -0.25) is 19.7 Å². The lowest BCUT2D eigenvalue weighted by Crippen LogP contribution is -2.25. The van der Waals surface area contributed by atoms with Crippen LogP contribution in [-0.2, 0) is 17.6 Å². The minimum absolute atomic E-state index is 0.0287. The highest BCUT2D eigenvalue weighted by Gasteiger charge is 2.31. The number of carbonyl (C=O) groups is 3. The summed E-state index contributed by atoms with van der Waals surface area (Å²) in [6, 6.07) is 16.4. The number of aromatic nitrogens is 1. The van der Waals surface area contributed by atoms with Crippen molar-refractivity contribution in [2.45, 2.75) is 31.4 Å². The Kier molecular flexibility index (Phi) is 5.44. The second-order valence-corrected chi connectivity index (χ2v) is 8.02. The summed E-state index contributed by atoms with van der Waals surface area (Å²) < 4.78 is 13.9. The van der Waals surface area contributed by atoms with E-state index in [0.717, 1.165) is 11.3 Å². The van der Waals surface area contributed by atoms with Crippen LogP contribution in [0, 0.1) is 6.92 Å². The lowest BCUT2D eigenvalue weighted by molar-refractivity contribution is -0.118. The number of hydrogen-bond acceptors (Lipinski definition) is 6. The van der Waals surface area contributed by atoms with E-state index >= 15 is 0 Å². The molecule has 1 fully saturated rings. The van der Waals surface area contributed by atoms with Crippen LogP contribution >= 0.6 is 11.8 Å². The first-order valence-corrected chi connectivity index (χ1v) is 10.3. The number of ketones is 1. The van der Waals surface area contributed by atoms with Crippen LogP contribution in [0.15, 0.2) is 59.0 Å². The normalized spacial score (nSPS) is 18.9. The first kappa shape index (κ1) is 18.8. The van der Waals surface area contributed by atoms with E-state index in [1.807, 2.05) is 37.3 Å². The van der Waals surface area contributed by atoms with Crippen molar-refractivity contribution in [2.75, 3.05) is 0 Å². The monoisotopic (exact) mass is 421 g/mol. The van der Waals surface area contributed by atoms with Gasteiger partial charge in [-0.1, -0.05) is 54.2 Å². The van der Waals surface area contributed by atoms with Gasteiger partial charge in [0.2, 0.25) is 11.8 Å². The minimum atomic E-state index is -1.57. The molecule has 30 heavy (non-hydrogen) atoms. The van der Waals surface area contributed by atoms with E-state index in [1.165, 1.54) is 0 Å². The van der Waals surface area contributed by atoms with Crippen LogP contribution in [0.1, 0.15) is 35.2 Å². The Morgan fingerprint density at radius 3 is 2.57 bits per heavy atom. The van der Waals surface area contributed by atoms with Gasteiger partial charge in [-0.05, 0) is 31.0 Å². The molecule has 1 saturated heterocycles. The summed E-state index contributed by atoms with van der Waals surface area (Å²) in [5, 5.41) is 0.0612. The lowest BCUT2D eigenvalue weighted by Gasteiger charge is -2.06. The number of thioether (sulfide) groups is 1. The van der Waals surface area contributed by atoms with Gasteiger partial charge in [0.1, 0.15) is 5.76 Å². The van der Waals surface area contributed by atoms with Crippen molar-refractivity contribution in [1.82, 2.24) is 10.3 Å². The van der Waals surface area contributed by atoms with Crippen LogP contribution in [-0.4, -0.2) is 27.1 Å². The number of rotatable bonds is 7. The molecule has 0 aliphatic carbocycles. The molecule has 0 unspecified atom stereocenters. The Morgan fingerprint density at radius 1 is 1.17 bits per heavy atom. The number of nitrogens with zero attached hydrogens (tertiary/aromatic N) is 1. The predicted octanol–water partition coefficient (Wildman–Crippen LogP) is 4.36. The fourth-order valence-corrected chi connectivity index (χ4v) is 3.95. The molecule has 1 atom stereocenters. The number of carbonyl (C=O) groups excluding carboxylic acids is 3. The van der Waals surface area contributed by atoms with Gasteiger partial charge in [0.05, 0.1) is 12.3 Å². The molecule has 1 aliphatic heterocycles. The maximum Gasteiger partial charge on any atom is 0.286 e. The largest absolute Gasteiger partial charge is 0.441 e. The van der Waals surface area contributed by atoms with Crippen molar-refractivity contribution in [3.05, 3.63) is 77.2 Å². The summed E-state index contributed by atoms with van der Waals surface area (Å²) in [5.74, 6) is 0.602. The molecule has 6 nitrogen and oxygen atoms in total. The zero-order chi connectivity index (χ0) is 22.0. The highest BCUT2D eigenvalue weighted by atomic mass is 32.2. The molecular formula is C23H20N2O4S. The fourth-order valence-electron chi connectivity index (χ4n) is 3.20. The van der Waals surface area contributed by atoms with Crippen molar-refractivity contribution < 1.29 is 20.2 Å². The van der Waals surface area contributed by atoms with E-state index in [0.29, 0.717) is 41.0 Å². The van der Waals surface area contributed by atoms with E-state index in [4.69, 9.17) is 5.79 Å². The number of hydrogen-bond donors (Lipinski definition) is 1. The number of imide groups is 1. The highest BCUT2D eigenvalue weighted by molar-refractivity contribution is 8.15. The van der Waals surface area contributed by atoms with Gasteiger partial charge in [-0.15, -0.1) is 0 Å². The van der Waals surface area contributed by atoms with Crippen molar-refractivity contribution in [3.8, 4) is 11.5 Å². The third-order valence-electron chi connectivity index (χ3n) is 4.83. The maximum atomic E-state index is 12.6. The molecule has 0 radical (unpaired) electrons. The van der Waals surface area contributed by atoms with Crippen LogP contribution in [0.2, 0.25) is 0 Å². The van der Waals surface area contributed by atoms with Gasteiger partial charge in [0.25, 0.3) is 5.24 Å². The lowest BCUT2D eigenvalue weighted by atomic mass is 10.0. The van der Waals surface area contributed by atoms with Crippen LogP contribution in [0.5, 0.6) is 0 Å². The van der Waals surface area contributed by atoms with Gasteiger partial charge < -0.3 is 4.42 Å². The molecule has 2 amide bonds. The SMILES string of the molecule is [2H][C@]1(Cc2ccc(C(=O)CCc3nc(-c4ccccc4)oc3C)cc2)SC(=O)NC1=O. The second kappa shape index (κ2) is 8.67. The van der Waals surface area contributed by atoms with E-state index in [2.05, 4.69) is 10.3 Å². The molecule has 0 bridgehead atoms. The molecule has 0 spiro atoms. The van der Waals surface area contributed by atoms with Crippen LogP contribution in [0.25, 0.3) is 11.5 Å².